The van der Waals surface area contributed by atoms with Crippen molar-refractivity contribution >= 4 is 34.7 Å². The summed E-state index contributed by atoms with van der Waals surface area (Å²) in [5.41, 5.74) is 1.33. The van der Waals surface area contributed by atoms with E-state index in [0.29, 0.717) is 21.8 Å². The van der Waals surface area contributed by atoms with Crippen LogP contribution in [0.1, 0.15) is 22.7 Å². The Balaban J connectivity index is 1.94. The number of Topliss-reactive ketones (excluding diaryl/α,β-unsaturated/α-hetero) is 1. The number of anilines is 1. The van der Waals surface area contributed by atoms with Crippen molar-refractivity contribution in [1.29, 1.82) is 5.26 Å². The van der Waals surface area contributed by atoms with E-state index in [4.69, 9.17) is 16.9 Å². The maximum atomic E-state index is 13.5. The molecule has 152 valence electrons. The van der Waals surface area contributed by atoms with Crippen LogP contribution in [0.2, 0.25) is 5.02 Å². The van der Waals surface area contributed by atoms with E-state index in [0.717, 1.165) is 0 Å². The Morgan fingerprint density at radius 1 is 1.03 bits per heavy atom. The highest BCUT2D eigenvalue weighted by molar-refractivity contribution is 6.51. The molecule has 7 heteroatoms. The first-order valence-corrected chi connectivity index (χ1v) is 9.61. The van der Waals surface area contributed by atoms with Crippen LogP contribution >= 0.6 is 11.6 Å². The molecule has 1 N–H and O–H groups in total. The second kappa shape index (κ2) is 8.05. The highest BCUT2D eigenvalue weighted by atomic mass is 35.5. The van der Waals surface area contributed by atoms with Crippen LogP contribution in [0, 0.1) is 17.1 Å². The standard InChI is InChI=1S/C24H14ClFN2O3/c25-17-3-1-2-16(12-17)22(29)20-21(15-6-8-18(26)9-7-15)28(24(31)23(20)30)19-10-4-14(13-27)5-11-19/h1-12,21,29H/b22-20-. The van der Waals surface area contributed by atoms with Gasteiger partial charge in [0, 0.05) is 16.3 Å². The Kier molecular flexibility index (Phi) is 5.28. The maximum Gasteiger partial charge on any atom is 0.300 e. The summed E-state index contributed by atoms with van der Waals surface area (Å²) >= 11 is 6.02. The minimum absolute atomic E-state index is 0.136. The zero-order chi connectivity index (χ0) is 22.1. The highest BCUT2D eigenvalue weighted by Crippen LogP contribution is 2.42. The topological polar surface area (TPSA) is 81.4 Å². The van der Waals surface area contributed by atoms with Crippen LogP contribution in [0.4, 0.5) is 10.1 Å². The summed E-state index contributed by atoms with van der Waals surface area (Å²) in [4.78, 5) is 27.2. The Hall–Kier alpha value is -3.95. The van der Waals surface area contributed by atoms with Crippen LogP contribution in [-0.4, -0.2) is 16.8 Å². The van der Waals surface area contributed by atoms with E-state index in [1.54, 1.807) is 30.3 Å². The second-order valence-electron chi connectivity index (χ2n) is 6.89. The average molecular weight is 433 g/mol. The highest BCUT2D eigenvalue weighted by Gasteiger charge is 2.46. The molecule has 1 fully saturated rings. The SMILES string of the molecule is N#Cc1ccc(N2C(=O)C(=O)/C(=C(\O)c3cccc(Cl)c3)C2c2ccc(F)cc2)cc1. The predicted molar refractivity (Wildman–Crippen MR) is 114 cm³/mol. The minimum Gasteiger partial charge on any atom is -0.507 e. The number of hydrogen-bond donors (Lipinski definition) is 1. The molecule has 1 saturated heterocycles. The smallest absolute Gasteiger partial charge is 0.300 e. The van der Waals surface area contributed by atoms with E-state index in [1.165, 1.54) is 47.4 Å². The number of ketones is 1. The van der Waals surface area contributed by atoms with Crippen molar-refractivity contribution in [1.82, 2.24) is 0 Å². The van der Waals surface area contributed by atoms with E-state index >= 15 is 0 Å². The molecule has 1 unspecified atom stereocenters. The zero-order valence-corrected chi connectivity index (χ0v) is 16.7. The summed E-state index contributed by atoms with van der Waals surface area (Å²) in [6, 6.07) is 18.7. The number of benzene rings is 3. The third kappa shape index (κ3) is 3.67. The van der Waals surface area contributed by atoms with Crippen molar-refractivity contribution in [2.75, 3.05) is 4.90 Å². The van der Waals surface area contributed by atoms with Gasteiger partial charge < -0.3 is 5.11 Å². The molecule has 1 heterocycles. The van der Waals surface area contributed by atoms with Gasteiger partial charge in [0.1, 0.15) is 11.6 Å². The number of hydrogen-bond acceptors (Lipinski definition) is 4. The molecule has 1 aliphatic rings. The molecule has 0 spiro atoms. The number of carbonyl (C=O) groups is 2. The van der Waals surface area contributed by atoms with Crippen LogP contribution < -0.4 is 4.90 Å². The van der Waals surface area contributed by atoms with Crippen molar-refractivity contribution < 1.29 is 19.1 Å². The fourth-order valence-electron chi connectivity index (χ4n) is 3.55. The van der Waals surface area contributed by atoms with Crippen molar-refractivity contribution in [2.45, 2.75) is 6.04 Å². The van der Waals surface area contributed by atoms with Gasteiger partial charge in [-0.3, -0.25) is 14.5 Å². The lowest BCUT2D eigenvalue weighted by atomic mass is 9.95. The lowest BCUT2D eigenvalue weighted by molar-refractivity contribution is -0.132. The molecule has 1 aliphatic heterocycles. The molecular formula is C24H14ClFN2O3. The molecule has 1 amide bonds. The molecule has 3 aromatic rings. The molecule has 5 nitrogen and oxygen atoms in total. The van der Waals surface area contributed by atoms with Crippen LogP contribution in [0.15, 0.2) is 78.4 Å². The van der Waals surface area contributed by atoms with Gasteiger partial charge in [0.15, 0.2) is 0 Å². The number of amides is 1. The first-order chi connectivity index (χ1) is 14.9. The van der Waals surface area contributed by atoms with Crippen molar-refractivity contribution in [3.05, 3.63) is 106 Å². The zero-order valence-electron chi connectivity index (χ0n) is 15.9. The molecule has 31 heavy (non-hydrogen) atoms. The second-order valence-corrected chi connectivity index (χ2v) is 7.33. The van der Waals surface area contributed by atoms with Crippen LogP contribution in [0.25, 0.3) is 5.76 Å². The number of aliphatic hydroxyl groups is 1. The van der Waals surface area contributed by atoms with Crippen molar-refractivity contribution in [2.24, 2.45) is 0 Å². The van der Waals surface area contributed by atoms with Crippen molar-refractivity contribution in [3.8, 4) is 6.07 Å². The van der Waals surface area contributed by atoms with Gasteiger partial charge in [-0.05, 0) is 54.1 Å². The molecule has 0 radical (unpaired) electrons. The molecular weight excluding hydrogens is 419 g/mol. The van der Waals surface area contributed by atoms with Gasteiger partial charge >= 0.3 is 0 Å². The fourth-order valence-corrected chi connectivity index (χ4v) is 3.74. The number of rotatable bonds is 3. The maximum absolute atomic E-state index is 13.5. The molecule has 0 aromatic heterocycles. The summed E-state index contributed by atoms with van der Waals surface area (Å²) in [6.07, 6.45) is 0. The molecule has 1 atom stereocenters. The average Bonchev–Trinajstić information content (AvgIpc) is 3.04. The Labute approximate surface area is 182 Å². The van der Waals surface area contributed by atoms with Crippen molar-refractivity contribution in [3.63, 3.8) is 0 Å². The van der Waals surface area contributed by atoms with Crippen LogP contribution in [-0.2, 0) is 9.59 Å². The summed E-state index contributed by atoms with van der Waals surface area (Å²) in [7, 11) is 0. The van der Waals surface area contributed by atoms with Crippen LogP contribution in [0.5, 0.6) is 0 Å². The van der Waals surface area contributed by atoms with E-state index in [2.05, 4.69) is 0 Å². The normalized spacial score (nSPS) is 17.6. The lowest BCUT2D eigenvalue weighted by Crippen LogP contribution is -2.29. The number of halogens is 2. The summed E-state index contributed by atoms with van der Waals surface area (Å²) in [5, 5.41) is 20.4. The largest absolute Gasteiger partial charge is 0.507 e. The molecule has 3 aromatic carbocycles. The van der Waals surface area contributed by atoms with Crippen LogP contribution in [0.3, 0.4) is 0 Å². The van der Waals surface area contributed by atoms with Gasteiger partial charge in [-0.25, -0.2) is 4.39 Å². The van der Waals surface area contributed by atoms with E-state index in [-0.39, 0.29) is 16.9 Å². The third-order valence-electron chi connectivity index (χ3n) is 5.00. The van der Waals surface area contributed by atoms with Gasteiger partial charge in [-0.2, -0.15) is 5.26 Å². The fraction of sp³-hybridized carbons (Fsp3) is 0.0417. The predicted octanol–water partition coefficient (Wildman–Crippen LogP) is 4.98. The van der Waals surface area contributed by atoms with Gasteiger partial charge in [0.25, 0.3) is 11.7 Å². The first kappa shape index (κ1) is 20.3. The van der Waals surface area contributed by atoms with E-state index in [9.17, 15) is 19.1 Å². The van der Waals surface area contributed by atoms with Gasteiger partial charge in [0.2, 0.25) is 0 Å². The molecule has 4 rings (SSSR count). The summed E-state index contributed by atoms with van der Waals surface area (Å²) in [5.74, 6) is -2.58. The summed E-state index contributed by atoms with van der Waals surface area (Å²) < 4.78 is 13.5. The number of carbonyl (C=O) groups excluding carboxylic acids is 2. The molecule has 0 aliphatic carbocycles. The number of nitriles is 1. The quantitative estimate of drug-likeness (QED) is 0.359. The number of nitrogens with zero attached hydrogens (tertiary/aromatic N) is 2. The van der Waals surface area contributed by atoms with Gasteiger partial charge in [-0.1, -0.05) is 35.9 Å². The Morgan fingerprint density at radius 2 is 1.71 bits per heavy atom. The molecule has 0 saturated carbocycles. The monoisotopic (exact) mass is 432 g/mol. The van der Waals surface area contributed by atoms with Gasteiger partial charge in [-0.15, -0.1) is 0 Å². The van der Waals surface area contributed by atoms with E-state index in [1.807, 2.05) is 6.07 Å². The Morgan fingerprint density at radius 3 is 2.32 bits per heavy atom. The van der Waals surface area contributed by atoms with Gasteiger partial charge in [0.05, 0.1) is 23.2 Å². The Bertz CT molecular complexity index is 1260. The lowest BCUT2D eigenvalue weighted by Gasteiger charge is -2.25. The number of aliphatic hydroxyl groups excluding tert-OH is 1. The molecule has 0 bridgehead atoms. The summed E-state index contributed by atoms with van der Waals surface area (Å²) in [6.45, 7) is 0. The van der Waals surface area contributed by atoms with E-state index < -0.39 is 23.5 Å². The third-order valence-corrected chi connectivity index (χ3v) is 5.24. The minimum atomic E-state index is -0.993. The first-order valence-electron chi connectivity index (χ1n) is 9.23.